The normalized spacial score (nSPS) is 25.2. The van der Waals surface area contributed by atoms with Crippen LogP contribution in [0.5, 0.6) is 0 Å². The van der Waals surface area contributed by atoms with E-state index in [2.05, 4.69) is 37.6 Å². The summed E-state index contributed by atoms with van der Waals surface area (Å²) in [7, 11) is 1.56. The van der Waals surface area contributed by atoms with Gasteiger partial charge in [0.05, 0.1) is 59.8 Å². The van der Waals surface area contributed by atoms with Crippen molar-refractivity contribution in [1.29, 1.82) is 0 Å². The summed E-state index contributed by atoms with van der Waals surface area (Å²) in [5.41, 5.74) is 0.658. The number of amides is 3. The summed E-state index contributed by atoms with van der Waals surface area (Å²) >= 11 is 0. The minimum Gasteiger partial charge on any atom is -0.374 e. The van der Waals surface area contributed by atoms with E-state index in [-0.39, 0.29) is 80.0 Å². The number of para-hydroxylation sites is 1. The highest BCUT2D eigenvalue weighted by Gasteiger charge is 2.47. The molecule has 4 aliphatic heterocycles. The number of imidazole rings is 1. The molecule has 348 valence electrons. The molecule has 0 spiro atoms. The molecule has 4 saturated heterocycles. The molecule has 1 saturated carbocycles. The smallest absolute Gasteiger partial charge is 0.374 e. The standard InChI is InChI=1S/C44H47F5N12O5/c1-55-38-26(4-2-6-32(38)61(43(55)65)33-11-12-36(62)53-42(33)64)5-3-14-56-16-17-57(34(23-56)44(47,48)49)20-25-7-9-27(10-8-25)60-22-31(37(54-60)39(45)46)51-41(63)30-19-50-59-15-13-35(52-40(30)59)58-21-29-18-28(58)24-66-29/h2,4,6,13,15,19,22,25,27-29,33-34,39H,7-12,14,16-18,20-21,23-24H2,1H3,(H,51,63)(H,53,62,64)/t25?,27?,28-,29-,33?,34?/m1/s1. The summed E-state index contributed by atoms with van der Waals surface area (Å²) in [6.45, 7) is 1.81. The maximum atomic E-state index is 14.6. The molecule has 2 N–H and O–H groups in total. The quantitative estimate of drug-likeness (QED) is 0.124. The van der Waals surface area contributed by atoms with Gasteiger partial charge in [-0.25, -0.2) is 23.1 Å². The van der Waals surface area contributed by atoms with Gasteiger partial charge in [0, 0.05) is 58.6 Å². The molecule has 4 atom stereocenters. The number of anilines is 2. The second-order valence-corrected chi connectivity index (χ2v) is 17.9. The Balaban J connectivity index is 0.761. The Bertz CT molecular complexity index is 2830. The van der Waals surface area contributed by atoms with E-state index in [1.165, 1.54) is 35.6 Å². The number of hydrogen-bond acceptors (Lipinski definition) is 11. The molecule has 17 nitrogen and oxygen atoms in total. The SMILES string of the molecule is Cn1c(=O)n(C2CCC(=O)NC2=O)c2cccc(C#CCN3CCN(CC4CCC(n5cc(NC(=O)c6cnn7ccc(N8C[C@H]9C[C@@H]8CO9)nc67)c(C(F)F)n5)CC4)C(C(F)(F)F)C3)c21. The number of rotatable bonds is 9. The number of piperidine rings is 1. The van der Waals surface area contributed by atoms with Crippen LogP contribution in [-0.2, 0) is 21.4 Å². The molecule has 8 heterocycles. The predicted octanol–water partition coefficient (Wildman–Crippen LogP) is 4.06. The van der Waals surface area contributed by atoms with E-state index in [1.807, 2.05) is 6.07 Å². The molecule has 2 unspecified atom stereocenters. The van der Waals surface area contributed by atoms with Gasteiger partial charge in [-0.2, -0.15) is 23.4 Å². The highest BCUT2D eigenvalue weighted by molar-refractivity contribution is 6.08. The molecule has 5 aromatic rings. The van der Waals surface area contributed by atoms with Gasteiger partial charge >= 0.3 is 11.9 Å². The summed E-state index contributed by atoms with van der Waals surface area (Å²) in [5, 5.41) is 13.3. The van der Waals surface area contributed by atoms with Crippen LogP contribution in [0.15, 0.2) is 47.7 Å². The number of hydrogen-bond donors (Lipinski definition) is 2. The van der Waals surface area contributed by atoms with Crippen LogP contribution in [0.1, 0.15) is 85.1 Å². The number of carbonyl (C=O) groups excluding carboxylic acids is 3. The number of aryl methyl sites for hydroxylation is 1. The molecule has 1 aromatic carbocycles. The van der Waals surface area contributed by atoms with Crippen LogP contribution in [-0.4, -0.2) is 131 Å². The zero-order valence-corrected chi connectivity index (χ0v) is 35.9. The fraction of sp³-hybridized carbons (Fsp3) is 0.523. The van der Waals surface area contributed by atoms with Crippen molar-refractivity contribution >= 4 is 45.9 Å². The molecule has 0 radical (unpaired) electrons. The van der Waals surface area contributed by atoms with Gasteiger partial charge in [-0.1, -0.05) is 17.9 Å². The van der Waals surface area contributed by atoms with Crippen LogP contribution >= 0.6 is 0 Å². The molecule has 5 aliphatic rings. The zero-order chi connectivity index (χ0) is 46.0. The van der Waals surface area contributed by atoms with Crippen LogP contribution in [0.25, 0.3) is 16.7 Å². The van der Waals surface area contributed by atoms with Gasteiger partial charge in [0.1, 0.15) is 23.5 Å². The minimum absolute atomic E-state index is 0.0577. The molecule has 22 heteroatoms. The monoisotopic (exact) mass is 918 g/mol. The summed E-state index contributed by atoms with van der Waals surface area (Å²) < 4.78 is 83.9. The number of nitrogens with zero attached hydrogens (tertiary/aromatic N) is 10. The number of morpholine rings is 1. The van der Waals surface area contributed by atoms with Crippen molar-refractivity contribution in [2.45, 2.75) is 87.8 Å². The maximum absolute atomic E-state index is 14.6. The maximum Gasteiger partial charge on any atom is 0.405 e. The van der Waals surface area contributed by atoms with Crippen LogP contribution in [0.3, 0.4) is 0 Å². The summed E-state index contributed by atoms with van der Waals surface area (Å²) in [6, 6.07) is 4.23. The molecule has 2 bridgehead atoms. The number of carbonyl (C=O) groups is 3. The van der Waals surface area contributed by atoms with Crippen molar-refractivity contribution < 1.29 is 41.1 Å². The molecule has 4 aromatic heterocycles. The van der Waals surface area contributed by atoms with E-state index >= 15 is 0 Å². The van der Waals surface area contributed by atoms with Gasteiger partial charge in [-0.3, -0.25) is 43.3 Å². The van der Waals surface area contributed by atoms with Crippen molar-refractivity contribution in [3.05, 3.63) is 70.2 Å². The van der Waals surface area contributed by atoms with Crippen molar-refractivity contribution in [2.24, 2.45) is 13.0 Å². The third-order valence-electron chi connectivity index (χ3n) is 13.8. The Kier molecular flexibility index (Phi) is 11.4. The van der Waals surface area contributed by atoms with E-state index in [0.717, 1.165) is 6.42 Å². The summed E-state index contributed by atoms with van der Waals surface area (Å²) in [6.07, 6.45) is 0.408. The third kappa shape index (κ3) is 8.21. The number of nitrogens with one attached hydrogen (secondary N) is 2. The van der Waals surface area contributed by atoms with Gasteiger partial charge in [0.25, 0.3) is 12.3 Å². The second kappa shape index (κ2) is 17.2. The van der Waals surface area contributed by atoms with E-state index < -0.39 is 53.8 Å². The first-order chi connectivity index (χ1) is 31.7. The van der Waals surface area contributed by atoms with Crippen LogP contribution in [0.2, 0.25) is 0 Å². The number of imide groups is 1. The average Bonchev–Trinajstić information content (AvgIpc) is 4.14. The lowest BCUT2D eigenvalue weighted by molar-refractivity contribution is -0.198. The highest BCUT2D eigenvalue weighted by atomic mass is 19.4. The Morgan fingerprint density at radius 2 is 1.86 bits per heavy atom. The topological polar surface area (TPSA) is 169 Å². The van der Waals surface area contributed by atoms with Gasteiger partial charge in [-0.15, -0.1) is 0 Å². The number of aromatic nitrogens is 7. The molecule has 5 fully saturated rings. The molecule has 3 amide bonds. The number of fused-ring (bicyclic) bond motifs is 4. The number of alkyl halides is 5. The van der Waals surface area contributed by atoms with Gasteiger partial charge < -0.3 is 15.0 Å². The van der Waals surface area contributed by atoms with Crippen LogP contribution < -0.4 is 21.2 Å². The second-order valence-electron chi connectivity index (χ2n) is 17.9. The Morgan fingerprint density at radius 3 is 2.59 bits per heavy atom. The number of piperazine rings is 1. The number of benzene rings is 1. The third-order valence-corrected chi connectivity index (χ3v) is 13.8. The van der Waals surface area contributed by atoms with Crippen LogP contribution in [0.4, 0.5) is 33.5 Å². The van der Waals surface area contributed by atoms with Crippen molar-refractivity contribution in [2.75, 3.05) is 56.1 Å². The predicted molar refractivity (Wildman–Crippen MR) is 228 cm³/mol. The van der Waals surface area contributed by atoms with Gasteiger partial charge in [0.2, 0.25) is 11.8 Å². The first-order valence-electron chi connectivity index (χ1n) is 22.2. The molecular weight excluding hydrogens is 872 g/mol. The van der Waals surface area contributed by atoms with Crippen molar-refractivity contribution in [1.82, 2.24) is 48.6 Å². The summed E-state index contributed by atoms with van der Waals surface area (Å²) in [5.74, 6) is 5.04. The minimum atomic E-state index is -4.50. The van der Waals surface area contributed by atoms with E-state index in [9.17, 15) is 41.1 Å². The fourth-order valence-corrected chi connectivity index (χ4v) is 10.4. The fourth-order valence-electron chi connectivity index (χ4n) is 10.4. The van der Waals surface area contributed by atoms with E-state index in [4.69, 9.17) is 9.72 Å². The highest BCUT2D eigenvalue weighted by Crippen LogP contribution is 2.38. The Labute approximate surface area is 373 Å². The van der Waals surface area contributed by atoms with Crippen molar-refractivity contribution in [3.8, 4) is 11.8 Å². The molecule has 1 aliphatic carbocycles. The van der Waals surface area contributed by atoms with E-state index in [0.29, 0.717) is 67.8 Å². The first-order valence-corrected chi connectivity index (χ1v) is 22.2. The molecular formula is C44H47F5N12O5. The van der Waals surface area contributed by atoms with Gasteiger partial charge in [0.15, 0.2) is 11.3 Å². The van der Waals surface area contributed by atoms with E-state index in [1.54, 1.807) is 36.3 Å². The lowest BCUT2D eigenvalue weighted by Gasteiger charge is -2.43. The van der Waals surface area contributed by atoms with Crippen molar-refractivity contribution in [3.63, 3.8) is 0 Å². The Hall–Kier alpha value is -6.18. The van der Waals surface area contributed by atoms with Gasteiger partial charge in [-0.05, 0) is 62.6 Å². The lowest BCUT2D eigenvalue weighted by atomic mass is 9.85. The lowest BCUT2D eigenvalue weighted by Crippen LogP contribution is -2.59. The van der Waals surface area contributed by atoms with Crippen LogP contribution in [0, 0.1) is 17.8 Å². The molecule has 10 rings (SSSR count). The number of halogens is 5. The summed E-state index contributed by atoms with van der Waals surface area (Å²) in [4.78, 5) is 61.2. The molecule has 66 heavy (non-hydrogen) atoms. The number of ether oxygens (including phenoxy) is 1. The first kappa shape index (κ1) is 43.7. The average molecular weight is 919 g/mol. The Morgan fingerprint density at radius 1 is 1.05 bits per heavy atom. The zero-order valence-electron chi connectivity index (χ0n) is 35.9. The largest absolute Gasteiger partial charge is 0.405 e.